The van der Waals surface area contributed by atoms with Gasteiger partial charge in [0.05, 0.1) is 0 Å². The quantitative estimate of drug-likeness (QED) is 0.660. The normalized spacial score (nSPS) is 15.5. The van der Waals surface area contributed by atoms with E-state index in [1.165, 1.54) is 6.07 Å². The third-order valence-corrected chi connectivity index (χ3v) is 4.44. The van der Waals surface area contributed by atoms with Crippen LogP contribution < -0.4 is 20.9 Å². The molecule has 1 unspecified atom stereocenters. The fraction of sp³-hybridized carbons (Fsp3) is 0.389. The summed E-state index contributed by atoms with van der Waals surface area (Å²) < 4.78 is 5.56. The highest BCUT2D eigenvalue weighted by atomic mass is 16.5. The van der Waals surface area contributed by atoms with E-state index < -0.39 is 6.10 Å². The minimum absolute atomic E-state index is 0.0554. The van der Waals surface area contributed by atoms with Crippen LogP contribution in [-0.2, 0) is 4.79 Å². The maximum atomic E-state index is 12.4. The molecule has 2 heterocycles. The first-order valence-electron chi connectivity index (χ1n) is 8.71. The van der Waals surface area contributed by atoms with Gasteiger partial charge in [0.2, 0.25) is 5.95 Å². The molecule has 1 aliphatic heterocycles. The number of nitrogens with zero attached hydrogens (tertiary/aromatic N) is 3. The molecule has 1 aromatic heterocycles. The van der Waals surface area contributed by atoms with E-state index in [1.807, 2.05) is 30.0 Å². The Labute approximate surface area is 156 Å². The summed E-state index contributed by atoms with van der Waals surface area (Å²) in [7, 11) is 0. The number of aliphatic hydroxyl groups excluding tert-OH is 1. The van der Waals surface area contributed by atoms with Gasteiger partial charge in [-0.1, -0.05) is 18.2 Å². The van der Waals surface area contributed by atoms with Gasteiger partial charge in [0.1, 0.15) is 18.2 Å². The summed E-state index contributed by atoms with van der Waals surface area (Å²) in [6.45, 7) is 3.61. The second kappa shape index (κ2) is 8.09. The second-order valence-electron chi connectivity index (χ2n) is 6.39. The number of para-hydroxylation sites is 1. The van der Waals surface area contributed by atoms with Gasteiger partial charge in [-0.25, -0.2) is 0 Å². The molecule has 0 spiro atoms. The van der Waals surface area contributed by atoms with Crippen LogP contribution in [0.1, 0.15) is 5.56 Å². The Morgan fingerprint density at radius 2 is 2.04 bits per heavy atom. The first kappa shape index (κ1) is 18.7. The first-order valence-corrected chi connectivity index (χ1v) is 8.71. The van der Waals surface area contributed by atoms with Gasteiger partial charge >= 0.3 is 0 Å². The molecule has 3 rings (SSSR count). The average Bonchev–Trinajstić information content (AvgIpc) is 2.66. The van der Waals surface area contributed by atoms with Gasteiger partial charge in [0.15, 0.2) is 6.10 Å². The van der Waals surface area contributed by atoms with E-state index in [2.05, 4.69) is 9.97 Å². The molecule has 1 aromatic carbocycles. The molecule has 1 amide bonds. The fourth-order valence-corrected chi connectivity index (χ4v) is 2.95. The van der Waals surface area contributed by atoms with Crippen molar-refractivity contribution in [1.82, 2.24) is 14.9 Å². The number of nitrogens with two attached hydrogens (primary N) is 1. The van der Waals surface area contributed by atoms with Crippen molar-refractivity contribution in [2.24, 2.45) is 0 Å². The lowest BCUT2D eigenvalue weighted by Gasteiger charge is -2.36. The van der Waals surface area contributed by atoms with Crippen molar-refractivity contribution in [2.75, 3.05) is 43.4 Å². The zero-order valence-corrected chi connectivity index (χ0v) is 15.1. The van der Waals surface area contributed by atoms with Gasteiger partial charge < -0.3 is 25.4 Å². The topological polar surface area (TPSA) is 125 Å². The molecule has 1 atom stereocenters. The smallest absolute Gasteiger partial charge is 0.255 e. The molecule has 1 fully saturated rings. The number of carbonyl (C=O) groups excluding carboxylic acids is 1. The summed E-state index contributed by atoms with van der Waals surface area (Å²) in [6, 6.07) is 8.81. The van der Waals surface area contributed by atoms with Crippen LogP contribution in [-0.4, -0.2) is 64.8 Å². The number of H-pyrrole nitrogens is 1. The van der Waals surface area contributed by atoms with Crippen LogP contribution in [0, 0.1) is 6.92 Å². The summed E-state index contributed by atoms with van der Waals surface area (Å²) in [4.78, 5) is 33.9. The van der Waals surface area contributed by atoms with E-state index in [9.17, 15) is 14.7 Å². The monoisotopic (exact) mass is 373 g/mol. The molecule has 9 nitrogen and oxygen atoms in total. The Bertz CT molecular complexity index is 861. The standard InChI is InChI=1S/C18H23N5O4/c1-12-4-2-3-5-14(12)27-11-13(24)17(26)23-8-6-22(7-9-23)15-10-16(25)21-18(19)20-15/h2-5,10,13,24H,6-9,11H2,1H3,(H3,19,20,21,25). The fourth-order valence-electron chi connectivity index (χ4n) is 2.95. The van der Waals surface area contributed by atoms with Crippen LogP contribution in [0.2, 0.25) is 0 Å². The first-order chi connectivity index (χ1) is 12.9. The largest absolute Gasteiger partial charge is 0.490 e. The number of aromatic nitrogens is 2. The Morgan fingerprint density at radius 3 is 2.70 bits per heavy atom. The van der Waals surface area contributed by atoms with Gasteiger partial charge in [-0.15, -0.1) is 0 Å². The second-order valence-corrected chi connectivity index (χ2v) is 6.39. The van der Waals surface area contributed by atoms with E-state index in [4.69, 9.17) is 10.5 Å². The molecule has 0 aliphatic carbocycles. The molecule has 1 saturated heterocycles. The van der Waals surface area contributed by atoms with E-state index in [1.54, 1.807) is 11.0 Å². The number of rotatable bonds is 5. The lowest BCUT2D eigenvalue weighted by molar-refractivity contribution is -0.142. The van der Waals surface area contributed by atoms with E-state index >= 15 is 0 Å². The van der Waals surface area contributed by atoms with Gasteiger partial charge in [0.25, 0.3) is 11.5 Å². The number of hydrogen-bond donors (Lipinski definition) is 3. The van der Waals surface area contributed by atoms with Crippen LogP contribution >= 0.6 is 0 Å². The predicted molar refractivity (Wildman–Crippen MR) is 101 cm³/mol. The lowest BCUT2D eigenvalue weighted by Crippen LogP contribution is -2.52. The number of aryl methyl sites for hydroxylation is 1. The Balaban J connectivity index is 1.53. The van der Waals surface area contributed by atoms with Crippen LogP contribution in [0.4, 0.5) is 11.8 Å². The number of carbonyl (C=O) groups is 1. The van der Waals surface area contributed by atoms with E-state index in [0.717, 1.165) is 5.56 Å². The van der Waals surface area contributed by atoms with E-state index in [-0.39, 0.29) is 24.0 Å². The lowest BCUT2D eigenvalue weighted by atomic mass is 10.2. The van der Waals surface area contributed by atoms with Crippen molar-refractivity contribution in [1.29, 1.82) is 0 Å². The van der Waals surface area contributed by atoms with Crippen LogP contribution in [0.25, 0.3) is 0 Å². The van der Waals surface area contributed by atoms with Crippen molar-refractivity contribution in [2.45, 2.75) is 13.0 Å². The van der Waals surface area contributed by atoms with Gasteiger partial charge in [0, 0.05) is 32.2 Å². The predicted octanol–water partition coefficient (Wildman–Crippen LogP) is -0.251. The number of piperazine rings is 1. The van der Waals surface area contributed by atoms with Crippen LogP contribution in [0.15, 0.2) is 35.1 Å². The number of ether oxygens (including phenoxy) is 1. The Morgan fingerprint density at radius 1 is 1.33 bits per heavy atom. The number of hydrogen-bond acceptors (Lipinski definition) is 7. The molecule has 0 saturated carbocycles. The van der Waals surface area contributed by atoms with Crippen molar-refractivity contribution in [3.8, 4) is 5.75 Å². The van der Waals surface area contributed by atoms with E-state index in [0.29, 0.717) is 37.7 Å². The van der Waals surface area contributed by atoms with Crippen molar-refractivity contribution in [3.05, 3.63) is 46.2 Å². The number of amides is 1. The Hall–Kier alpha value is -3.07. The molecule has 9 heteroatoms. The Kier molecular flexibility index (Phi) is 5.60. The van der Waals surface area contributed by atoms with Crippen molar-refractivity contribution in [3.63, 3.8) is 0 Å². The summed E-state index contributed by atoms with van der Waals surface area (Å²) in [6.07, 6.45) is -1.23. The third kappa shape index (κ3) is 4.56. The molecular weight excluding hydrogens is 350 g/mol. The molecule has 4 N–H and O–H groups in total. The number of benzene rings is 1. The van der Waals surface area contributed by atoms with Crippen molar-refractivity contribution >= 4 is 17.7 Å². The highest BCUT2D eigenvalue weighted by molar-refractivity contribution is 5.81. The number of nitrogens with one attached hydrogen (secondary N) is 1. The highest BCUT2D eigenvalue weighted by Gasteiger charge is 2.27. The van der Waals surface area contributed by atoms with Crippen LogP contribution in [0.3, 0.4) is 0 Å². The minimum atomic E-state index is -1.23. The number of aromatic amines is 1. The maximum Gasteiger partial charge on any atom is 0.255 e. The van der Waals surface area contributed by atoms with Gasteiger partial charge in [-0.3, -0.25) is 14.6 Å². The molecule has 144 valence electrons. The zero-order chi connectivity index (χ0) is 19.4. The molecule has 1 aliphatic rings. The van der Waals surface area contributed by atoms with Crippen LogP contribution in [0.5, 0.6) is 5.75 Å². The number of anilines is 2. The maximum absolute atomic E-state index is 12.4. The van der Waals surface area contributed by atoms with Crippen molar-refractivity contribution < 1.29 is 14.6 Å². The molecule has 27 heavy (non-hydrogen) atoms. The zero-order valence-electron chi connectivity index (χ0n) is 15.1. The number of nitrogen functional groups attached to an aromatic ring is 1. The third-order valence-electron chi connectivity index (χ3n) is 4.44. The average molecular weight is 373 g/mol. The highest BCUT2D eigenvalue weighted by Crippen LogP contribution is 2.17. The minimum Gasteiger partial charge on any atom is -0.490 e. The van der Waals surface area contributed by atoms with Gasteiger partial charge in [-0.2, -0.15) is 4.98 Å². The molecule has 0 radical (unpaired) electrons. The molecule has 0 bridgehead atoms. The summed E-state index contributed by atoms with van der Waals surface area (Å²) in [5.74, 6) is 0.806. The number of aliphatic hydroxyl groups is 1. The molecule has 2 aromatic rings. The summed E-state index contributed by atoms with van der Waals surface area (Å²) in [5, 5.41) is 10.2. The summed E-state index contributed by atoms with van der Waals surface area (Å²) in [5.41, 5.74) is 6.19. The summed E-state index contributed by atoms with van der Waals surface area (Å²) >= 11 is 0. The SMILES string of the molecule is Cc1ccccc1OCC(O)C(=O)N1CCN(c2cc(=O)[nH]c(N)n2)CC1. The van der Waals surface area contributed by atoms with Gasteiger partial charge in [-0.05, 0) is 18.6 Å². The molecular formula is C18H23N5O4.